The summed E-state index contributed by atoms with van der Waals surface area (Å²) in [6.07, 6.45) is 0. The van der Waals surface area contributed by atoms with Crippen LogP contribution in [0.4, 0.5) is 0 Å². The monoisotopic (exact) mass is 297 g/mol. The molecule has 0 aromatic heterocycles. The second-order valence-corrected chi connectivity index (χ2v) is 4.64. The van der Waals surface area contributed by atoms with Gasteiger partial charge in [0.25, 0.3) is 0 Å². The summed E-state index contributed by atoms with van der Waals surface area (Å²) in [5, 5.41) is 10.2. The van der Waals surface area contributed by atoms with Gasteiger partial charge in [-0.05, 0) is 19.9 Å². The number of hydrogen-bond acceptors (Lipinski definition) is 5. The maximum absolute atomic E-state index is 10.2. The van der Waals surface area contributed by atoms with Gasteiger partial charge in [0, 0.05) is 38.4 Å². The van der Waals surface area contributed by atoms with Crippen LogP contribution in [-0.4, -0.2) is 56.6 Å². The Kier molecular flexibility index (Phi) is 8.82. The van der Waals surface area contributed by atoms with Crippen LogP contribution in [0.15, 0.2) is 18.2 Å². The summed E-state index contributed by atoms with van der Waals surface area (Å²) in [7, 11) is 1.56. The lowest BCUT2D eigenvalue weighted by atomic mass is 10.1. The topological polar surface area (TPSA) is 51.2 Å². The third kappa shape index (κ3) is 6.33. The minimum absolute atomic E-state index is 0.206. The first-order valence-electron chi connectivity index (χ1n) is 7.45. The van der Waals surface area contributed by atoms with Crippen LogP contribution in [0.25, 0.3) is 0 Å². The molecule has 0 heterocycles. The number of phenolic OH excluding ortho intramolecular Hbond substituents is 1. The molecular formula is C16H27NO4. The standard InChI is InChI=1S/C16H27NO4/c1-4-20-11-9-17(10-12-21-5-2)13-14-7-6-8-15(19-3)16(14)18/h6-8,18H,4-5,9-13H2,1-3H3. The Morgan fingerprint density at radius 2 is 1.67 bits per heavy atom. The van der Waals surface area contributed by atoms with E-state index in [4.69, 9.17) is 14.2 Å². The van der Waals surface area contributed by atoms with Crippen molar-refractivity contribution in [2.75, 3.05) is 46.6 Å². The van der Waals surface area contributed by atoms with Crippen molar-refractivity contribution in [1.82, 2.24) is 4.90 Å². The number of hydrogen-bond donors (Lipinski definition) is 1. The summed E-state index contributed by atoms with van der Waals surface area (Å²) in [4.78, 5) is 2.21. The zero-order valence-electron chi connectivity index (χ0n) is 13.3. The molecule has 0 saturated carbocycles. The molecule has 0 radical (unpaired) electrons. The van der Waals surface area contributed by atoms with E-state index < -0.39 is 0 Å². The fourth-order valence-corrected chi connectivity index (χ4v) is 2.05. The van der Waals surface area contributed by atoms with Gasteiger partial charge in [-0.15, -0.1) is 0 Å². The lowest BCUT2D eigenvalue weighted by Crippen LogP contribution is -2.30. The van der Waals surface area contributed by atoms with Gasteiger partial charge in [-0.2, -0.15) is 0 Å². The lowest BCUT2D eigenvalue weighted by Gasteiger charge is -2.23. The van der Waals surface area contributed by atoms with Crippen LogP contribution in [0.3, 0.4) is 0 Å². The minimum Gasteiger partial charge on any atom is -0.504 e. The van der Waals surface area contributed by atoms with Gasteiger partial charge in [0.1, 0.15) is 0 Å². The molecule has 0 aliphatic heterocycles. The van der Waals surface area contributed by atoms with Crippen LogP contribution in [0.2, 0.25) is 0 Å². The molecule has 0 aliphatic carbocycles. The van der Waals surface area contributed by atoms with E-state index in [1.54, 1.807) is 13.2 Å². The molecule has 0 aliphatic rings. The average Bonchev–Trinajstić information content (AvgIpc) is 2.49. The van der Waals surface area contributed by atoms with Crippen molar-refractivity contribution in [1.29, 1.82) is 0 Å². The average molecular weight is 297 g/mol. The summed E-state index contributed by atoms with van der Waals surface area (Å²) < 4.78 is 16.0. The highest BCUT2D eigenvalue weighted by Crippen LogP contribution is 2.30. The molecule has 5 heteroatoms. The summed E-state index contributed by atoms with van der Waals surface area (Å²) in [5.41, 5.74) is 0.849. The van der Waals surface area contributed by atoms with Crippen molar-refractivity contribution in [3.63, 3.8) is 0 Å². The number of phenols is 1. The quantitative estimate of drug-likeness (QED) is 0.635. The van der Waals surface area contributed by atoms with Gasteiger partial charge in [0.15, 0.2) is 11.5 Å². The molecule has 0 unspecified atom stereocenters. The largest absolute Gasteiger partial charge is 0.504 e. The van der Waals surface area contributed by atoms with E-state index in [1.807, 2.05) is 26.0 Å². The predicted octanol–water partition coefficient (Wildman–Crippen LogP) is 2.28. The molecule has 0 amide bonds. The SMILES string of the molecule is CCOCCN(CCOCC)Cc1cccc(OC)c1O. The van der Waals surface area contributed by atoms with Crippen LogP contribution in [0.1, 0.15) is 19.4 Å². The Hall–Kier alpha value is -1.30. The molecule has 0 atom stereocenters. The van der Waals surface area contributed by atoms with Crippen molar-refractivity contribution in [2.45, 2.75) is 20.4 Å². The highest BCUT2D eigenvalue weighted by molar-refractivity contribution is 5.45. The van der Waals surface area contributed by atoms with Gasteiger partial charge in [0.05, 0.1) is 20.3 Å². The zero-order chi connectivity index (χ0) is 15.5. The second kappa shape index (κ2) is 10.4. The van der Waals surface area contributed by atoms with Crippen LogP contribution in [-0.2, 0) is 16.0 Å². The number of para-hydroxylation sites is 1. The van der Waals surface area contributed by atoms with Crippen molar-refractivity contribution < 1.29 is 19.3 Å². The number of methoxy groups -OCH3 is 1. The molecule has 1 rings (SSSR count). The van der Waals surface area contributed by atoms with E-state index in [0.717, 1.165) is 18.7 Å². The van der Waals surface area contributed by atoms with Crippen molar-refractivity contribution in [3.05, 3.63) is 23.8 Å². The van der Waals surface area contributed by atoms with E-state index in [-0.39, 0.29) is 5.75 Å². The molecule has 21 heavy (non-hydrogen) atoms. The molecule has 0 spiro atoms. The Morgan fingerprint density at radius 3 is 2.19 bits per heavy atom. The number of nitrogens with zero attached hydrogens (tertiary/aromatic N) is 1. The van der Waals surface area contributed by atoms with Crippen LogP contribution >= 0.6 is 0 Å². The molecule has 1 N–H and O–H groups in total. The first kappa shape index (κ1) is 17.8. The number of rotatable bonds is 11. The van der Waals surface area contributed by atoms with Gasteiger partial charge < -0.3 is 19.3 Å². The molecule has 120 valence electrons. The van der Waals surface area contributed by atoms with Gasteiger partial charge in [-0.1, -0.05) is 12.1 Å². The fraction of sp³-hybridized carbons (Fsp3) is 0.625. The molecule has 1 aromatic carbocycles. The van der Waals surface area contributed by atoms with E-state index >= 15 is 0 Å². The molecule has 5 nitrogen and oxygen atoms in total. The molecule has 0 saturated heterocycles. The third-order valence-electron chi connectivity index (χ3n) is 3.21. The van der Waals surface area contributed by atoms with E-state index in [1.165, 1.54) is 0 Å². The third-order valence-corrected chi connectivity index (χ3v) is 3.21. The Bertz CT molecular complexity index is 388. The Morgan fingerprint density at radius 1 is 1.05 bits per heavy atom. The Labute approximate surface area is 127 Å². The van der Waals surface area contributed by atoms with Crippen LogP contribution in [0.5, 0.6) is 11.5 Å². The lowest BCUT2D eigenvalue weighted by molar-refractivity contribution is 0.0794. The summed E-state index contributed by atoms with van der Waals surface area (Å²) in [6, 6.07) is 5.55. The summed E-state index contributed by atoms with van der Waals surface area (Å²) in [6.45, 7) is 8.99. The smallest absolute Gasteiger partial charge is 0.162 e. The highest BCUT2D eigenvalue weighted by atomic mass is 16.5. The maximum Gasteiger partial charge on any atom is 0.162 e. The molecule has 0 bridgehead atoms. The summed E-state index contributed by atoms with van der Waals surface area (Å²) >= 11 is 0. The van der Waals surface area contributed by atoms with Crippen LogP contribution < -0.4 is 4.74 Å². The second-order valence-electron chi connectivity index (χ2n) is 4.64. The van der Waals surface area contributed by atoms with Gasteiger partial charge in [-0.25, -0.2) is 0 Å². The number of benzene rings is 1. The maximum atomic E-state index is 10.2. The van der Waals surface area contributed by atoms with Gasteiger partial charge >= 0.3 is 0 Å². The fourth-order valence-electron chi connectivity index (χ4n) is 2.05. The van der Waals surface area contributed by atoms with E-state index in [0.29, 0.717) is 38.7 Å². The first-order valence-corrected chi connectivity index (χ1v) is 7.45. The highest BCUT2D eigenvalue weighted by Gasteiger charge is 2.12. The van der Waals surface area contributed by atoms with Gasteiger partial charge in [-0.3, -0.25) is 4.90 Å². The van der Waals surface area contributed by atoms with Crippen molar-refractivity contribution >= 4 is 0 Å². The van der Waals surface area contributed by atoms with Crippen molar-refractivity contribution in [2.24, 2.45) is 0 Å². The van der Waals surface area contributed by atoms with Crippen molar-refractivity contribution in [3.8, 4) is 11.5 Å². The predicted molar refractivity (Wildman–Crippen MR) is 82.9 cm³/mol. The first-order chi connectivity index (χ1) is 10.2. The van der Waals surface area contributed by atoms with E-state index in [9.17, 15) is 5.11 Å². The summed E-state index contributed by atoms with van der Waals surface area (Å²) in [5.74, 6) is 0.708. The van der Waals surface area contributed by atoms with Crippen LogP contribution in [0, 0.1) is 0 Å². The number of aromatic hydroxyl groups is 1. The number of ether oxygens (including phenoxy) is 3. The minimum atomic E-state index is 0.206. The normalized spacial score (nSPS) is 11.0. The molecule has 0 fully saturated rings. The molecular weight excluding hydrogens is 270 g/mol. The van der Waals surface area contributed by atoms with E-state index in [2.05, 4.69) is 4.90 Å². The van der Waals surface area contributed by atoms with Gasteiger partial charge in [0.2, 0.25) is 0 Å². The Balaban J connectivity index is 2.65. The zero-order valence-corrected chi connectivity index (χ0v) is 13.3. The molecule has 1 aromatic rings.